The minimum absolute atomic E-state index is 0.163. The number of hydrogen-bond acceptors (Lipinski definition) is 15. The third kappa shape index (κ3) is 8.52. The summed E-state index contributed by atoms with van der Waals surface area (Å²) in [6.45, 7) is 6.34. The highest BCUT2D eigenvalue weighted by atomic mass is 16.8. The van der Waals surface area contributed by atoms with Crippen LogP contribution in [0.25, 0.3) is 0 Å². The predicted octanol–water partition coefficient (Wildman–Crippen LogP) is 0.623. The zero-order valence-electron chi connectivity index (χ0n) is 24.0. The van der Waals surface area contributed by atoms with Crippen molar-refractivity contribution in [2.75, 3.05) is 13.2 Å². The zero-order valence-corrected chi connectivity index (χ0v) is 24.0. The lowest BCUT2D eigenvalue weighted by Gasteiger charge is -2.45. The van der Waals surface area contributed by atoms with E-state index in [0.717, 1.165) is 27.7 Å². The molecule has 0 amide bonds. The normalized spacial score (nSPS) is 31.4. The van der Waals surface area contributed by atoms with Crippen molar-refractivity contribution in [2.45, 2.75) is 84.6 Å². The maximum Gasteiger partial charge on any atom is 0.303 e. The molecule has 9 unspecified atom stereocenters. The molecular weight excluding hydrogens is 564 g/mol. The SMILES string of the molecule is CC(=O)OCC1=CC(OC(C)=O)C2C=COC(OC3OC(COC(C)=O)C(OC(C)=O)C(OC(C)=O)C3OC(C)=O)C12. The van der Waals surface area contributed by atoms with E-state index in [2.05, 4.69) is 0 Å². The molecule has 1 fully saturated rings. The Morgan fingerprint density at radius 3 is 1.83 bits per heavy atom. The molecule has 2 aliphatic heterocycles. The highest BCUT2D eigenvalue weighted by Gasteiger charge is 2.55. The Balaban J connectivity index is 1.99. The molecule has 0 aromatic heterocycles. The molecule has 0 spiro atoms. The van der Waals surface area contributed by atoms with Crippen LogP contribution in [0, 0.1) is 11.8 Å². The number of ether oxygens (including phenoxy) is 9. The molecule has 15 heteroatoms. The van der Waals surface area contributed by atoms with Crippen molar-refractivity contribution in [1.29, 1.82) is 0 Å². The Morgan fingerprint density at radius 1 is 0.690 bits per heavy atom. The van der Waals surface area contributed by atoms with Crippen molar-refractivity contribution in [1.82, 2.24) is 0 Å². The van der Waals surface area contributed by atoms with Gasteiger partial charge in [-0.3, -0.25) is 28.8 Å². The minimum Gasteiger partial charge on any atom is -0.472 e. The zero-order chi connectivity index (χ0) is 31.1. The van der Waals surface area contributed by atoms with Crippen LogP contribution in [0.2, 0.25) is 0 Å². The first-order valence-corrected chi connectivity index (χ1v) is 13.1. The van der Waals surface area contributed by atoms with E-state index in [1.54, 1.807) is 12.2 Å². The molecule has 1 saturated heterocycles. The lowest BCUT2D eigenvalue weighted by Crippen LogP contribution is -2.63. The summed E-state index contributed by atoms with van der Waals surface area (Å²) < 4.78 is 49.9. The van der Waals surface area contributed by atoms with Gasteiger partial charge in [0.15, 0.2) is 18.3 Å². The Bertz CT molecular complexity index is 1130. The van der Waals surface area contributed by atoms with E-state index in [4.69, 9.17) is 42.6 Å². The average Bonchev–Trinajstić information content (AvgIpc) is 3.22. The molecule has 42 heavy (non-hydrogen) atoms. The van der Waals surface area contributed by atoms with Gasteiger partial charge in [0, 0.05) is 47.5 Å². The molecule has 0 aromatic rings. The minimum atomic E-state index is -1.52. The van der Waals surface area contributed by atoms with E-state index < -0.39 is 97.4 Å². The smallest absolute Gasteiger partial charge is 0.303 e. The van der Waals surface area contributed by atoms with Gasteiger partial charge in [-0.05, 0) is 17.7 Å². The first-order chi connectivity index (χ1) is 19.8. The molecule has 3 rings (SSSR count). The van der Waals surface area contributed by atoms with E-state index >= 15 is 0 Å². The fraction of sp³-hybridized carbons (Fsp3) is 0.630. The topological polar surface area (TPSA) is 185 Å². The highest BCUT2D eigenvalue weighted by molar-refractivity contribution is 5.69. The fourth-order valence-electron chi connectivity index (χ4n) is 4.95. The van der Waals surface area contributed by atoms with Crippen LogP contribution in [0.5, 0.6) is 0 Å². The molecule has 2 heterocycles. The third-order valence-corrected chi connectivity index (χ3v) is 6.37. The number of carbonyl (C=O) groups is 6. The lowest BCUT2D eigenvalue weighted by atomic mass is 9.88. The van der Waals surface area contributed by atoms with Crippen molar-refractivity contribution in [3.05, 3.63) is 24.0 Å². The summed E-state index contributed by atoms with van der Waals surface area (Å²) in [6, 6.07) is 0. The van der Waals surface area contributed by atoms with Crippen molar-refractivity contribution < 1.29 is 71.4 Å². The second-order valence-corrected chi connectivity index (χ2v) is 9.74. The molecule has 0 saturated carbocycles. The summed E-state index contributed by atoms with van der Waals surface area (Å²) in [5, 5.41) is 0. The van der Waals surface area contributed by atoms with Gasteiger partial charge in [-0.15, -0.1) is 0 Å². The van der Waals surface area contributed by atoms with Crippen LogP contribution in [0.15, 0.2) is 24.0 Å². The summed E-state index contributed by atoms with van der Waals surface area (Å²) in [6.07, 6.45) is -4.37. The monoisotopic (exact) mass is 598 g/mol. The van der Waals surface area contributed by atoms with Gasteiger partial charge in [0.25, 0.3) is 0 Å². The van der Waals surface area contributed by atoms with Gasteiger partial charge in [0.1, 0.15) is 25.4 Å². The molecule has 232 valence electrons. The summed E-state index contributed by atoms with van der Waals surface area (Å²) in [4.78, 5) is 71.1. The van der Waals surface area contributed by atoms with Crippen LogP contribution in [-0.2, 0) is 71.4 Å². The summed E-state index contributed by atoms with van der Waals surface area (Å²) in [7, 11) is 0. The molecule has 15 nitrogen and oxygen atoms in total. The molecule has 0 N–H and O–H groups in total. The van der Waals surface area contributed by atoms with E-state index in [1.807, 2.05) is 0 Å². The first-order valence-electron chi connectivity index (χ1n) is 13.1. The maximum atomic E-state index is 12.1. The van der Waals surface area contributed by atoms with Crippen LogP contribution in [0.4, 0.5) is 0 Å². The van der Waals surface area contributed by atoms with Crippen LogP contribution >= 0.6 is 0 Å². The van der Waals surface area contributed by atoms with Crippen LogP contribution in [-0.4, -0.2) is 92.1 Å². The van der Waals surface area contributed by atoms with E-state index in [0.29, 0.717) is 5.57 Å². The molecule has 0 radical (unpaired) electrons. The Morgan fingerprint density at radius 2 is 1.26 bits per heavy atom. The number of carbonyl (C=O) groups excluding carboxylic acids is 6. The van der Waals surface area contributed by atoms with Crippen molar-refractivity contribution in [3.63, 3.8) is 0 Å². The molecule has 1 aliphatic carbocycles. The van der Waals surface area contributed by atoms with Crippen LogP contribution in [0.1, 0.15) is 41.5 Å². The van der Waals surface area contributed by atoms with E-state index in [9.17, 15) is 28.8 Å². The first kappa shape index (κ1) is 32.5. The average molecular weight is 599 g/mol. The number of esters is 6. The van der Waals surface area contributed by atoms with Crippen molar-refractivity contribution in [3.8, 4) is 0 Å². The predicted molar refractivity (Wildman–Crippen MR) is 134 cm³/mol. The highest BCUT2D eigenvalue weighted by Crippen LogP contribution is 2.43. The number of hydrogen-bond donors (Lipinski definition) is 0. The van der Waals surface area contributed by atoms with Crippen LogP contribution in [0.3, 0.4) is 0 Å². The van der Waals surface area contributed by atoms with E-state index in [-0.39, 0.29) is 6.61 Å². The van der Waals surface area contributed by atoms with Gasteiger partial charge < -0.3 is 42.6 Å². The Kier molecular flexibility index (Phi) is 11.1. The van der Waals surface area contributed by atoms with Crippen molar-refractivity contribution in [2.24, 2.45) is 11.8 Å². The van der Waals surface area contributed by atoms with Gasteiger partial charge in [-0.25, -0.2) is 0 Å². The Hall–Kier alpha value is -3.98. The Labute approximate surface area is 241 Å². The molecule has 3 aliphatic rings. The third-order valence-electron chi connectivity index (χ3n) is 6.37. The summed E-state index contributed by atoms with van der Waals surface area (Å²) >= 11 is 0. The summed E-state index contributed by atoms with van der Waals surface area (Å²) in [5.74, 6) is -5.31. The molecule has 0 aromatic carbocycles. The second-order valence-electron chi connectivity index (χ2n) is 9.74. The van der Waals surface area contributed by atoms with Gasteiger partial charge in [0.05, 0.1) is 12.2 Å². The van der Waals surface area contributed by atoms with E-state index in [1.165, 1.54) is 20.1 Å². The lowest BCUT2D eigenvalue weighted by molar-refractivity contribution is -0.342. The molecular formula is C27H34O15. The van der Waals surface area contributed by atoms with Crippen molar-refractivity contribution >= 4 is 35.8 Å². The van der Waals surface area contributed by atoms with Crippen LogP contribution < -0.4 is 0 Å². The van der Waals surface area contributed by atoms with Gasteiger partial charge in [-0.2, -0.15) is 0 Å². The fourth-order valence-corrected chi connectivity index (χ4v) is 4.95. The quantitative estimate of drug-likeness (QED) is 0.193. The number of rotatable bonds is 10. The van der Waals surface area contributed by atoms with Gasteiger partial charge >= 0.3 is 35.8 Å². The van der Waals surface area contributed by atoms with Gasteiger partial charge in [0.2, 0.25) is 12.6 Å². The molecule has 9 atom stereocenters. The second kappa shape index (κ2) is 14.3. The molecule has 0 bridgehead atoms. The largest absolute Gasteiger partial charge is 0.472 e. The van der Waals surface area contributed by atoms with Gasteiger partial charge in [-0.1, -0.05) is 0 Å². The standard InChI is InChI=1S/C27H34O15/c1-12(28)35-10-18-9-20(37-14(3)30)19-7-8-34-26(22(18)19)42-27-25(40-17(6)33)24(39-16(5)32)23(38-15(4)31)21(41-27)11-36-13(2)29/h7-9,19-27H,10-11H2,1-6H3. The maximum absolute atomic E-state index is 12.1. The number of fused-ring (bicyclic) bond motifs is 1. The summed E-state index contributed by atoms with van der Waals surface area (Å²) in [5.41, 5.74) is 0.515.